The van der Waals surface area contributed by atoms with E-state index in [9.17, 15) is 39.0 Å². The number of rotatable bonds is 6. The summed E-state index contributed by atoms with van der Waals surface area (Å²) in [5.41, 5.74) is 7.43. The number of alkyl carbamates (subject to hydrolysis) is 1. The van der Waals surface area contributed by atoms with Gasteiger partial charge >= 0.3 is 12.1 Å². The number of Topliss-reactive ketones (excluding diaryl/α,β-unsaturated/α-hetero) is 3. The van der Waals surface area contributed by atoms with E-state index in [0.29, 0.717) is 50.5 Å². The van der Waals surface area contributed by atoms with Crippen LogP contribution in [0.4, 0.5) is 4.79 Å². The molecule has 15 atom stereocenters. The van der Waals surface area contributed by atoms with Crippen LogP contribution in [-0.4, -0.2) is 133 Å². The predicted molar refractivity (Wildman–Crippen MR) is 256 cm³/mol. The average molecular weight is 956 g/mol. The fraction of sp³-hybridized carbons (Fsp3) is 0.731. The summed E-state index contributed by atoms with van der Waals surface area (Å²) in [4.78, 5) is 84.6. The molecule has 1 saturated carbocycles. The normalized spacial score (nSPS) is 39.0. The van der Waals surface area contributed by atoms with Gasteiger partial charge in [-0.1, -0.05) is 76.6 Å². The van der Waals surface area contributed by atoms with Gasteiger partial charge < -0.3 is 49.8 Å². The molecule has 68 heavy (non-hydrogen) atoms. The highest BCUT2D eigenvalue weighted by atomic mass is 16.6. The minimum Gasteiger partial charge on any atom is -0.460 e. The molecule has 0 aromatic rings. The molecule has 3 heterocycles. The first kappa shape index (κ1) is 56.5. The largest absolute Gasteiger partial charge is 0.460 e. The van der Waals surface area contributed by atoms with Crippen molar-refractivity contribution < 1.29 is 62.7 Å². The number of aliphatic hydroxyl groups is 2. The topological polar surface area (TPSA) is 230 Å². The van der Waals surface area contributed by atoms with Crippen molar-refractivity contribution in [1.82, 2.24) is 10.2 Å². The average Bonchev–Trinajstić information content (AvgIpc) is 3.31. The number of nitrogens with zero attached hydrogens (tertiary/aromatic N) is 1. The van der Waals surface area contributed by atoms with Crippen molar-refractivity contribution >= 4 is 35.3 Å². The van der Waals surface area contributed by atoms with E-state index in [4.69, 9.17) is 29.4 Å². The Bertz CT molecular complexity index is 1880. The number of amides is 2. The first-order chi connectivity index (χ1) is 32.1. The smallest absolute Gasteiger partial charge is 0.407 e. The highest BCUT2D eigenvalue weighted by Crippen LogP contribution is 2.37. The number of aliphatic hydroxyl groups excluding tert-OH is 1. The van der Waals surface area contributed by atoms with Crippen molar-refractivity contribution in [2.24, 2.45) is 41.2 Å². The molecule has 5 N–H and O–H groups in total. The zero-order valence-corrected chi connectivity index (χ0v) is 42.1. The van der Waals surface area contributed by atoms with Crippen LogP contribution in [-0.2, 0) is 47.7 Å². The van der Waals surface area contributed by atoms with Crippen molar-refractivity contribution in [3.63, 3.8) is 0 Å². The Hall–Kier alpha value is -4.06. The second-order valence-electron chi connectivity index (χ2n) is 20.2. The maximum absolute atomic E-state index is 14.4. The number of fused-ring (bicyclic) bond motifs is 3. The van der Waals surface area contributed by atoms with Gasteiger partial charge in [0.15, 0.2) is 5.78 Å². The molecule has 16 nitrogen and oxygen atoms in total. The zero-order chi connectivity index (χ0) is 50.5. The molecule has 0 spiro atoms. The molecular formula is C52H81N3O13. The second kappa shape index (κ2) is 26.2. The molecule has 2 saturated heterocycles. The van der Waals surface area contributed by atoms with Gasteiger partial charge in [-0.2, -0.15) is 0 Å². The number of piperidine rings is 1. The number of hydrogen-bond acceptors (Lipinski definition) is 14. The van der Waals surface area contributed by atoms with Crippen LogP contribution < -0.4 is 11.1 Å². The molecule has 3 aliphatic heterocycles. The molecule has 0 radical (unpaired) electrons. The van der Waals surface area contributed by atoms with Crippen LogP contribution in [0.15, 0.2) is 47.6 Å². The third-order valence-electron chi connectivity index (χ3n) is 14.8. The Morgan fingerprint density at radius 1 is 0.926 bits per heavy atom. The summed E-state index contributed by atoms with van der Waals surface area (Å²) in [6.45, 7) is 12.5. The molecule has 1 aliphatic carbocycles. The third-order valence-corrected chi connectivity index (χ3v) is 14.8. The molecule has 382 valence electrons. The van der Waals surface area contributed by atoms with E-state index in [1.807, 2.05) is 45.1 Å². The molecule has 2 bridgehead atoms. The van der Waals surface area contributed by atoms with Gasteiger partial charge in [-0.25, -0.2) is 9.59 Å². The van der Waals surface area contributed by atoms with E-state index in [1.165, 1.54) is 19.1 Å². The van der Waals surface area contributed by atoms with Gasteiger partial charge in [0.2, 0.25) is 5.79 Å². The summed E-state index contributed by atoms with van der Waals surface area (Å²) in [7, 11) is 4.25. The molecular weight excluding hydrogens is 875 g/mol. The standard InChI is InChI=1S/C52H81N3O13/c1-30-16-12-11-13-17-31(2)40(54-51(62)66-10)28-38-21-19-36(7)52(63,68-38)48(59)49(60)55-23-15-14-18-41(55)50(61)67-43(33(4)26-37-20-22-39(53)44(27-37)64-8)29-42(56)32(3)25-35(6)46(58)47(65-9)45(57)34(5)24-30/h11-13,16-17,25,30,32-34,36-41,43-44,46-47,58,63H,14-15,18-24,26-29,53H2,1-10H3,(H,54,62)/b13-11+,16-12+,31-17+,35-25+/t30-,32-,33-,34-,36-,37+,38+,39+,40?,41+,43+,44-,46-,47+,52-/m1/s1. The minimum absolute atomic E-state index is 0.0288. The van der Waals surface area contributed by atoms with Gasteiger partial charge in [0.05, 0.1) is 25.4 Å². The van der Waals surface area contributed by atoms with Gasteiger partial charge in [-0.05, 0) is 108 Å². The van der Waals surface area contributed by atoms with Crippen molar-refractivity contribution in [3.8, 4) is 0 Å². The Morgan fingerprint density at radius 2 is 1.65 bits per heavy atom. The van der Waals surface area contributed by atoms with Crippen LogP contribution in [0.3, 0.4) is 0 Å². The van der Waals surface area contributed by atoms with Crippen LogP contribution in [0.25, 0.3) is 0 Å². The van der Waals surface area contributed by atoms with Gasteiger partial charge in [-0.15, -0.1) is 0 Å². The third kappa shape index (κ3) is 15.0. The summed E-state index contributed by atoms with van der Waals surface area (Å²) in [5.74, 6) is -8.27. The number of carbonyl (C=O) groups excluding carboxylic acids is 6. The van der Waals surface area contributed by atoms with Gasteiger partial charge in [0.1, 0.15) is 30.1 Å². The maximum Gasteiger partial charge on any atom is 0.407 e. The summed E-state index contributed by atoms with van der Waals surface area (Å²) in [6, 6.07) is -1.91. The molecule has 0 aromatic heterocycles. The highest BCUT2D eigenvalue weighted by molar-refractivity contribution is 6.39. The van der Waals surface area contributed by atoms with E-state index >= 15 is 0 Å². The SMILES string of the molecule is COC(=O)NC1C[C@@H]2CC[C@@H](C)[C@@](O)(O2)C(=O)C(=O)N2CCCC[C@H]2C(=O)O[C@H]([C@H](C)C[C@@H]2CC[C@H](N)[C@H](OC)C2)CC(=O)[C@H](C)/C=C(\C)[C@@H](O)[C@@H](OC)C(=O)[C@H](C)C[C@H](C)/C=C/C=C/C=C/1C. The fourth-order valence-electron chi connectivity index (χ4n) is 10.3. The highest BCUT2D eigenvalue weighted by Gasteiger charge is 2.53. The molecule has 1 unspecified atom stereocenters. The monoisotopic (exact) mass is 956 g/mol. The Labute approximate surface area is 403 Å². The summed E-state index contributed by atoms with van der Waals surface area (Å²) >= 11 is 0. The second-order valence-corrected chi connectivity index (χ2v) is 20.2. The zero-order valence-electron chi connectivity index (χ0n) is 42.1. The molecule has 16 heteroatoms. The number of carbonyl (C=O) groups is 6. The predicted octanol–water partition coefficient (Wildman–Crippen LogP) is 5.86. The summed E-state index contributed by atoms with van der Waals surface area (Å²) in [6.07, 6.45) is 11.2. The van der Waals surface area contributed by atoms with E-state index in [-0.39, 0.29) is 67.3 Å². The summed E-state index contributed by atoms with van der Waals surface area (Å²) < 4.78 is 28.6. The van der Waals surface area contributed by atoms with Gasteiger partial charge in [0.25, 0.3) is 11.7 Å². The van der Waals surface area contributed by atoms with E-state index in [2.05, 4.69) is 5.32 Å². The Balaban J connectivity index is 1.73. The number of cyclic esters (lactones) is 1. The van der Waals surface area contributed by atoms with Crippen LogP contribution in [0.5, 0.6) is 0 Å². The Morgan fingerprint density at radius 3 is 2.32 bits per heavy atom. The van der Waals surface area contributed by atoms with Crippen molar-refractivity contribution in [1.29, 1.82) is 0 Å². The lowest BCUT2D eigenvalue weighted by Crippen LogP contribution is -2.61. The molecule has 4 aliphatic rings. The maximum atomic E-state index is 14.4. The van der Waals surface area contributed by atoms with Crippen LogP contribution >= 0.6 is 0 Å². The molecule has 4 rings (SSSR count). The number of ketones is 3. The van der Waals surface area contributed by atoms with E-state index in [1.54, 1.807) is 47.0 Å². The number of nitrogens with two attached hydrogens (primary N) is 1. The first-order valence-corrected chi connectivity index (χ1v) is 24.7. The lowest BCUT2D eigenvalue weighted by Gasteiger charge is -2.43. The number of methoxy groups -OCH3 is 3. The molecule has 3 fully saturated rings. The van der Waals surface area contributed by atoms with Gasteiger partial charge in [0, 0.05) is 51.0 Å². The molecule has 2 amide bonds. The number of allylic oxidation sites excluding steroid dienone is 6. The van der Waals surface area contributed by atoms with Crippen LogP contribution in [0.2, 0.25) is 0 Å². The quantitative estimate of drug-likeness (QED) is 0.139. The van der Waals surface area contributed by atoms with Crippen LogP contribution in [0.1, 0.15) is 126 Å². The summed E-state index contributed by atoms with van der Waals surface area (Å²) in [5, 5.41) is 26.3. The molecule has 0 aromatic carbocycles. The van der Waals surface area contributed by atoms with E-state index in [0.717, 1.165) is 18.4 Å². The van der Waals surface area contributed by atoms with Crippen molar-refractivity contribution in [2.45, 2.75) is 180 Å². The number of nitrogens with one attached hydrogen (secondary N) is 1. The minimum atomic E-state index is -2.52. The first-order valence-electron chi connectivity index (χ1n) is 24.7. The number of ether oxygens (including phenoxy) is 5. The van der Waals surface area contributed by atoms with Crippen molar-refractivity contribution in [3.05, 3.63) is 47.6 Å². The van der Waals surface area contributed by atoms with Crippen molar-refractivity contribution in [2.75, 3.05) is 27.9 Å². The van der Waals surface area contributed by atoms with Gasteiger partial charge in [-0.3, -0.25) is 19.2 Å². The van der Waals surface area contributed by atoms with E-state index < -0.39 is 83.8 Å². The fourth-order valence-corrected chi connectivity index (χ4v) is 10.3. The Kier molecular flexibility index (Phi) is 21.8. The number of esters is 1. The lowest BCUT2D eigenvalue weighted by molar-refractivity contribution is -0.264. The lowest BCUT2D eigenvalue weighted by atomic mass is 9.78. The number of hydrogen-bond donors (Lipinski definition) is 4. The van der Waals surface area contributed by atoms with Crippen LogP contribution in [0, 0.1) is 35.5 Å².